The number of fused-ring (bicyclic) bond motifs is 1. The maximum absolute atomic E-state index is 13.4. The third-order valence-corrected chi connectivity index (χ3v) is 7.02. The van der Waals surface area contributed by atoms with E-state index in [4.69, 9.17) is 11.6 Å². The Kier molecular flexibility index (Phi) is 6.51. The van der Waals surface area contributed by atoms with Crippen molar-refractivity contribution in [1.82, 2.24) is 9.97 Å². The summed E-state index contributed by atoms with van der Waals surface area (Å²) in [4.78, 5) is 21.0. The Bertz CT molecular complexity index is 1290. The second-order valence-corrected chi connectivity index (χ2v) is 9.39. The molecule has 0 aliphatic heterocycles. The van der Waals surface area contributed by atoms with Crippen molar-refractivity contribution in [3.05, 3.63) is 77.1 Å². The summed E-state index contributed by atoms with van der Waals surface area (Å²) in [5, 5.41) is 2.10. The second-order valence-electron chi connectivity index (χ2n) is 7.08. The van der Waals surface area contributed by atoms with Gasteiger partial charge >= 0.3 is 0 Å². The van der Waals surface area contributed by atoms with Crippen LogP contribution in [0.1, 0.15) is 29.3 Å². The molecule has 31 heavy (non-hydrogen) atoms. The molecular weight excluding hydrogens is 449 g/mol. The van der Waals surface area contributed by atoms with Crippen LogP contribution in [0.5, 0.6) is 0 Å². The van der Waals surface area contributed by atoms with Gasteiger partial charge in [0.05, 0.1) is 5.69 Å². The lowest BCUT2D eigenvalue weighted by Crippen LogP contribution is -2.17. The highest BCUT2D eigenvalue weighted by molar-refractivity contribution is 7.86. The van der Waals surface area contributed by atoms with Crippen LogP contribution in [-0.2, 0) is 11.0 Å². The zero-order chi connectivity index (χ0) is 22.0. The smallest absolute Gasteiger partial charge is 0.195 e. The molecule has 2 aromatic heterocycles. The van der Waals surface area contributed by atoms with Gasteiger partial charge in [0, 0.05) is 50.6 Å². The van der Waals surface area contributed by atoms with E-state index >= 15 is 0 Å². The molecule has 4 rings (SSSR count). The third kappa shape index (κ3) is 4.57. The van der Waals surface area contributed by atoms with Crippen molar-refractivity contribution < 1.29 is 9.00 Å². The van der Waals surface area contributed by atoms with Gasteiger partial charge < -0.3 is 9.71 Å². The Morgan fingerprint density at radius 1 is 1.16 bits per heavy atom. The first-order chi connectivity index (χ1) is 15.0. The summed E-state index contributed by atoms with van der Waals surface area (Å²) in [6.45, 7) is 1.98. The lowest BCUT2D eigenvalue weighted by molar-refractivity contribution is 0.104. The normalized spacial score (nSPS) is 12.1. The molecule has 0 saturated heterocycles. The summed E-state index contributed by atoms with van der Waals surface area (Å²) in [5.41, 5.74) is 4.24. The van der Waals surface area contributed by atoms with E-state index in [1.807, 2.05) is 43.3 Å². The van der Waals surface area contributed by atoms with Crippen LogP contribution in [0.4, 0.5) is 5.69 Å². The van der Waals surface area contributed by atoms with Crippen molar-refractivity contribution >= 4 is 59.6 Å². The molecule has 2 N–H and O–H groups in total. The van der Waals surface area contributed by atoms with E-state index in [1.165, 1.54) is 0 Å². The molecule has 0 amide bonds. The van der Waals surface area contributed by atoms with Crippen LogP contribution in [-0.4, -0.2) is 25.7 Å². The number of ketones is 1. The summed E-state index contributed by atoms with van der Waals surface area (Å²) in [5.74, 6) is 0.417. The zero-order valence-electron chi connectivity index (χ0n) is 16.8. The molecule has 0 bridgehead atoms. The number of carbonyl (C=O) groups is 1. The van der Waals surface area contributed by atoms with Crippen molar-refractivity contribution in [3.63, 3.8) is 0 Å². The van der Waals surface area contributed by atoms with E-state index < -0.39 is 11.0 Å². The number of pyridine rings is 1. The number of aromatic amines is 1. The molecular formula is C23H21ClN3O2PS. The van der Waals surface area contributed by atoms with Crippen LogP contribution in [0.25, 0.3) is 22.2 Å². The number of anilines is 1. The fraction of sp³-hybridized carbons (Fsp3) is 0.130. The molecule has 0 aliphatic carbocycles. The Labute approximate surface area is 190 Å². The molecule has 8 heteroatoms. The standard InChI is InChI=1S/C23H21ClN3O2PS/c1-2-10-31(29)27-20-5-3-4-17(22(20)30)21(28)19-13-26-23-18(19)11-15(12-25-23)14-6-8-16(24)9-7-14/h3-9,11-13,27H,2,10,30H2,1H3,(H,25,26). The third-order valence-electron chi connectivity index (χ3n) is 4.92. The minimum atomic E-state index is -1.19. The van der Waals surface area contributed by atoms with Crippen molar-refractivity contribution in [3.8, 4) is 11.1 Å². The Balaban J connectivity index is 1.72. The van der Waals surface area contributed by atoms with Crippen LogP contribution >= 0.6 is 20.8 Å². The number of benzene rings is 2. The first kappa shape index (κ1) is 21.7. The van der Waals surface area contributed by atoms with Crippen molar-refractivity contribution in [2.45, 2.75) is 13.3 Å². The van der Waals surface area contributed by atoms with E-state index in [0.29, 0.717) is 38.5 Å². The van der Waals surface area contributed by atoms with Crippen LogP contribution in [0, 0.1) is 0 Å². The summed E-state index contributed by atoms with van der Waals surface area (Å²) < 4.78 is 15.1. The van der Waals surface area contributed by atoms with Gasteiger partial charge in [-0.3, -0.25) is 4.79 Å². The van der Waals surface area contributed by atoms with Gasteiger partial charge in [-0.05, 0) is 36.2 Å². The monoisotopic (exact) mass is 469 g/mol. The van der Waals surface area contributed by atoms with E-state index in [2.05, 4.69) is 23.9 Å². The summed E-state index contributed by atoms with van der Waals surface area (Å²) in [7, 11) is 1.41. The molecule has 0 saturated carbocycles. The Hall–Kier alpha value is -2.53. The number of rotatable bonds is 7. The molecule has 4 aromatic rings. The number of H-pyrrole nitrogens is 1. The van der Waals surface area contributed by atoms with Gasteiger partial charge in [0.1, 0.15) is 16.6 Å². The Morgan fingerprint density at radius 3 is 2.68 bits per heavy atom. The average Bonchev–Trinajstić information content (AvgIpc) is 3.19. The molecule has 158 valence electrons. The molecule has 2 unspecified atom stereocenters. The quantitative estimate of drug-likeness (QED) is 0.292. The fourth-order valence-electron chi connectivity index (χ4n) is 3.35. The van der Waals surface area contributed by atoms with E-state index in [0.717, 1.165) is 22.9 Å². The lowest BCUT2D eigenvalue weighted by Gasteiger charge is -2.12. The molecule has 2 atom stereocenters. The Morgan fingerprint density at radius 2 is 1.94 bits per heavy atom. The van der Waals surface area contributed by atoms with E-state index in [1.54, 1.807) is 24.5 Å². The van der Waals surface area contributed by atoms with Crippen LogP contribution in [0.15, 0.2) is 60.9 Å². The number of halogens is 1. The minimum absolute atomic E-state index is 0.128. The van der Waals surface area contributed by atoms with Crippen molar-refractivity contribution in [2.24, 2.45) is 0 Å². The van der Waals surface area contributed by atoms with E-state index in [-0.39, 0.29) is 5.78 Å². The largest absolute Gasteiger partial charge is 0.345 e. The predicted octanol–water partition coefficient (Wildman–Crippen LogP) is 5.10. The van der Waals surface area contributed by atoms with Gasteiger partial charge in [0.15, 0.2) is 5.78 Å². The van der Waals surface area contributed by atoms with Crippen molar-refractivity contribution in [1.29, 1.82) is 0 Å². The molecule has 2 heterocycles. The summed E-state index contributed by atoms with van der Waals surface area (Å²) in [6.07, 6.45) is 4.26. The summed E-state index contributed by atoms with van der Waals surface area (Å²) in [6, 6.07) is 14.8. The average molecular weight is 470 g/mol. The topological polar surface area (TPSA) is 74.8 Å². The zero-order valence-corrected chi connectivity index (χ0v) is 19.5. The lowest BCUT2D eigenvalue weighted by atomic mass is 10.0. The number of nitrogens with one attached hydrogen (secondary N) is 2. The highest BCUT2D eigenvalue weighted by atomic mass is 35.5. The molecule has 0 fully saturated rings. The van der Waals surface area contributed by atoms with Gasteiger partial charge in [0.2, 0.25) is 0 Å². The molecule has 0 spiro atoms. The number of hydrogen-bond acceptors (Lipinski definition) is 3. The summed E-state index contributed by atoms with van der Waals surface area (Å²) >= 11 is 6.00. The van der Waals surface area contributed by atoms with Gasteiger partial charge in [0.25, 0.3) is 0 Å². The van der Waals surface area contributed by atoms with Gasteiger partial charge in [-0.2, -0.15) is 0 Å². The van der Waals surface area contributed by atoms with Crippen LogP contribution in [0.2, 0.25) is 5.02 Å². The second kappa shape index (κ2) is 9.31. The van der Waals surface area contributed by atoms with Gasteiger partial charge in [-0.1, -0.05) is 42.8 Å². The molecule has 5 nitrogen and oxygen atoms in total. The minimum Gasteiger partial charge on any atom is -0.345 e. The SMILES string of the molecule is CCCS(=O)Nc1cccc(C(=O)c2c[nH]c3ncc(-c4ccc(Cl)cc4)cc23)c1P. The first-order valence-electron chi connectivity index (χ1n) is 9.79. The molecule has 0 aliphatic rings. The van der Waals surface area contributed by atoms with Gasteiger partial charge in [-0.15, -0.1) is 9.24 Å². The number of hydrogen-bond donors (Lipinski definition) is 2. The maximum Gasteiger partial charge on any atom is 0.195 e. The van der Waals surface area contributed by atoms with E-state index in [9.17, 15) is 9.00 Å². The van der Waals surface area contributed by atoms with Crippen molar-refractivity contribution in [2.75, 3.05) is 10.5 Å². The maximum atomic E-state index is 13.4. The van der Waals surface area contributed by atoms with Gasteiger partial charge in [-0.25, -0.2) is 9.19 Å². The van der Waals surface area contributed by atoms with Crippen LogP contribution in [0.3, 0.4) is 0 Å². The fourth-order valence-corrected chi connectivity index (χ4v) is 4.87. The first-order valence-corrected chi connectivity index (χ1v) is 12.1. The number of carbonyl (C=O) groups excluding carboxylic acids is 1. The number of nitrogens with zero attached hydrogens (tertiary/aromatic N) is 1. The predicted molar refractivity (Wildman–Crippen MR) is 133 cm³/mol. The van der Waals surface area contributed by atoms with Crippen LogP contribution < -0.4 is 10.0 Å². The highest BCUT2D eigenvalue weighted by Crippen LogP contribution is 2.27. The highest BCUT2D eigenvalue weighted by Gasteiger charge is 2.19. The molecule has 0 radical (unpaired) electrons. The molecule has 2 aromatic carbocycles. The number of aromatic nitrogens is 2.